The van der Waals surface area contributed by atoms with Crippen molar-refractivity contribution in [2.45, 2.75) is 20.5 Å². The third-order valence-corrected chi connectivity index (χ3v) is 3.83. The van der Waals surface area contributed by atoms with Gasteiger partial charge in [-0.25, -0.2) is 9.59 Å². The largest absolute Gasteiger partial charge is 0.465 e. The molecule has 0 aliphatic rings. The average Bonchev–Trinajstić information content (AvgIpc) is 3.22. The molecule has 0 N–H and O–H groups in total. The molecule has 7 heteroatoms. The van der Waals surface area contributed by atoms with Crippen molar-refractivity contribution in [1.82, 2.24) is 5.16 Å². The highest BCUT2D eigenvalue weighted by Gasteiger charge is 2.24. The Morgan fingerprint density at radius 1 is 1.08 bits per heavy atom. The van der Waals surface area contributed by atoms with E-state index >= 15 is 0 Å². The fourth-order valence-corrected chi connectivity index (χ4v) is 2.54. The van der Waals surface area contributed by atoms with E-state index in [0.29, 0.717) is 28.5 Å². The zero-order valence-electron chi connectivity index (χ0n) is 14.6. The van der Waals surface area contributed by atoms with Crippen molar-refractivity contribution in [2.24, 2.45) is 0 Å². The lowest BCUT2D eigenvalue weighted by atomic mass is 10.1. The van der Waals surface area contributed by atoms with Crippen molar-refractivity contribution in [3.05, 3.63) is 64.8 Å². The molecular weight excluding hydrogens is 338 g/mol. The summed E-state index contributed by atoms with van der Waals surface area (Å²) < 4.78 is 20.6. The maximum atomic E-state index is 12.5. The van der Waals surface area contributed by atoms with Crippen LogP contribution in [0, 0.1) is 13.8 Å². The number of methoxy groups -OCH3 is 1. The third kappa shape index (κ3) is 3.37. The molecule has 0 spiro atoms. The molecule has 0 aliphatic heterocycles. The van der Waals surface area contributed by atoms with Gasteiger partial charge in [0.1, 0.15) is 40.7 Å². The van der Waals surface area contributed by atoms with Crippen LogP contribution in [0.5, 0.6) is 0 Å². The van der Waals surface area contributed by atoms with Crippen LogP contribution in [0.3, 0.4) is 0 Å². The predicted molar refractivity (Wildman–Crippen MR) is 90.6 cm³/mol. The first-order chi connectivity index (χ1) is 12.5. The summed E-state index contributed by atoms with van der Waals surface area (Å²) in [5.74, 6) is 0.00159. The van der Waals surface area contributed by atoms with Gasteiger partial charge in [0.25, 0.3) is 0 Å². The Balaban J connectivity index is 1.78. The van der Waals surface area contributed by atoms with E-state index in [-0.39, 0.29) is 12.2 Å². The van der Waals surface area contributed by atoms with Crippen molar-refractivity contribution in [2.75, 3.05) is 7.11 Å². The summed E-state index contributed by atoms with van der Waals surface area (Å²) in [6.45, 7) is 3.15. The van der Waals surface area contributed by atoms with Gasteiger partial charge < -0.3 is 18.4 Å². The zero-order valence-corrected chi connectivity index (χ0v) is 14.6. The van der Waals surface area contributed by atoms with E-state index in [2.05, 4.69) is 9.89 Å². The second-order valence-electron chi connectivity index (χ2n) is 5.58. The van der Waals surface area contributed by atoms with Crippen LogP contribution in [0.1, 0.15) is 38.0 Å². The van der Waals surface area contributed by atoms with E-state index in [1.165, 1.54) is 13.2 Å². The number of furan rings is 1. The van der Waals surface area contributed by atoms with E-state index in [9.17, 15) is 9.59 Å². The molecule has 0 bridgehead atoms. The lowest BCUT2D eigenvalue weighted by Gasteiger charge is -2.03. The lowest BCUT2D eigenvalue weighted by Crippen LogP contribution is -2.07. The number of aryl methyl sites for hydroxylation is 2. The molecule has 0 amide bonds. The van der Waals surface area contributed by atoms with Crippen molar-refractivity contribution < 1.29 is 28.0 Å². The summed E-state index contributed by atoms with van der Waals surface area (Å²) in [6.07, 6.45) is 0. The Labute approximate surface area is 149 Å². The highest BCUT2D eigenvalue weighted by Crippen LogP contribution is 2.26. The van der Waals surface area contributed by atoms with Crippen molar-refractivity contribution in [1.29, 1.82) is 0 Å². The minimum atomic E-state index is -0.587. The van der Waals surface area contributed by atoms with E-state index in [1.807, 2.05) is 30.3 Å². The molecule has 7 nitrogen and oxygen atoms in total. The molecule has 3 rings (SSSR count). The molecule has 0 aliphatic carbocycles. The number of benzene rings is 1. The number of carbonyl (C=O) groups excluding carboxylic acids is 2. The van der Waals surface area contributed by atoms with Gasteiger partial charge in [0.2, 0.25) is 0 Å². The summed E-state index contributed by atoms with van der Waals surface area (Å²) >= 11 is 0. The monoisotopic (exact) mass is 355 g/mol. The fourth-order valence-electron chi connectivity index (χ4n) is 2.54. The molecule has 0 saturated heterocycles. The van der Waals surface area contributed by atoms with Gasteiger partial charge in [-0.3, -0.25) is 0 Å². The lowest BCUT2D eigenvalue weighted by molar-refractivity contribution is 0.0442. The summed E-state index contributed by atoms with van der Waals surface area (Å²) in [5.41, 5.74) is 1.72. The molecule has 0 unspecified atom stereocenters. The summed E-state index contributed by atoms with van der Waals surface area (Å²) in [4.78, 5) is 24.1. The van der Waals surface area contributed by atoms with Crippen LogP contribution in [0.15, 0.2) is 45.3 Å². The number of rotatable bonds is 5. The van der Waals surface area contributed by atoms with Crippen LogP contribution in [0.25, 0.3) is 11.3 Å². The van der Waals surface area contributed by atoms with Crippen LogP contribution in [-0.4, -0.2) is 24.2 Å². The highest BCUT2D eigenvalue weighted by atomic mass is 16.5. The van der Waals surface area contributed by atoms with Gasteiger partial charge in [0.15, 0.2) is 0 Å². The van der Waals surface area contributed by atoms with Crippen molar-refractivity contribution in [3.8, 4) is 11.3 Å². The van der Waals surface area contributed by atoms with E-state index in [0.717, 1.165) is 5.56 Å². The molecule has 134 valence electrons. The van der Waals surface area contributed by atoms with Gasteiger partial charge in [-0.05, 0) is 19.9 Å². The van der Waals surface area contributed by atoms with Gasteiger partial charge in [0, 0.05) is 5.56 Å². The van der Waals surface area contributed by atoms with E-state index in [4.69, 9.17) is 13.7 Å². The summed E-state index contributed by atoms with van der Waals surface area (Å²) in [7, 11) is 1.29. The molecule has 2 aromatic heterocycles. The van der Waals surface area contributed by atoms with Crippen LogP contribution in [0.2, 0.25) is 0 Å². The Hall–Kier alpha value is -3.35. The number of carbonyl (C=O) groups is 2. The van der Waals surface area contributed by atoms with Gasteiger partial charge >= 0.3 is 11.9 Å². The summed E-state index contributed by atoms with van der Waals surface area (Å²) in [5, 5.41) is 3.95. The molecule has 26 heavy (non-hydrogen) atoms. The van der Waals surface area contributed by atoms with Crippen LogP contribution in [-0.2, 0) is 16.1 Å². The second kappa shape index (κ2) is 7.26. The van der Waals surface area contributed by atoms with Crippen LogP contribution in [0.4, 0.5) is 0 Å². The van der Waals surface area contributed by atoms with Crippen molar-refractivity contribution >= 4 is 11.9 Å². The Morgan fingerprint density at radius 3 is 2.50 bits per heavy atom. The number of hydrogen-bond acceptors (Lipinski definition) is 7. The van der Waals surface area contributed by atoms with Crippen LogP contribution < -0.4 is 0 Å². The topological polar surface area (TPSA) is 91.8 Å². The molecule has 3 aromatic rings. The Kier molecular flexibility index (Phi) is 4.88. The molecule has 0 saturated carbocycles. The first-order valence-corrected chi connectivity index (χ1v) is 7.87. The van der Waals surface area contributed by atoms with E-state index < -0.39 is 11.9 Å². The third-order valence-electron chi connectivity index (χ3n) is 3.83. The average molecular weight is 355 g/mol. The molecule has 1 aromatic carbocycles. The number of hydrogen-bond donors (Lipinski definition) is 0. The SMILES string of the molecule is COC(=O)c1cc(COC(=O)c2c(-c3ccccc3)noc2C)oc1C. The Bertz CT molecular complexity index is 938. The molecule has 0 atom stereocenters. The molecular formula is C19H17NO6. The Morgan fingerprint density at radius 2 is 1.81 bits per heavy atom. The van der Waals surface area contributed by atoms with Gasteiger partial charge in [-0.2, -0.15) is 0 Å². The maximum Gasteiger partial charge on any atom is 0.344 e. The van der Waals surface area contributed by atoms with Crippen LogP contribution >= 0.6 is 0 Å². The second-order valence-corrected chi connectivity index (χ2v) is 5.58. The number of aromatic nitrogens is 1. The van der Waals surface area contributed by atoms with Crippen molar-refractivity contribution in [3.63, 3.8) is 0 Å². The minimum absolute atomic E-state index is 0.129. The smallest absolute Gasteiger partial charge is 0.344 e. The zero-order chi connectivity index (χ0) is 18.7. The molecule has 0 fully saturated rings. The number of ether oxygens (including phenoxy) is 2. The predicted octanol–water partition coefficient (Wildman–Crippen LogP) is 3.70. The molecule has 2 heterocycles. The number of esters is 2. The minimum Gasteiger partial charge on any atom is -0.465 e. The first-order valence-electron chi connectivity index (χ1n) is 7.87. The summed E-state index contributed by atoms with van der Waals surface area (Å²) in [6, 6.07) is 10.7. The quantitative estimate of drug-likeness (QED) is 0.644. The van der Waals surface area contributed by atoms with Gasteiger partial charge in [-0.1, -0.05) is 35.5 Å². The number of nitrogens with zero attached hydrogens (tertiary/aromatic N) is 1. The van der Waals surface area contributed by atoms with Gasteiger partial charge in [0.05, 0.1) is 7.11 Å². The van der Waals surface area contributed by atoms with Gasteiger partial charge in [-0.15, -0.1) is 0 Å². The first kappa shape index (κ1) is 17.5. The molecule has 0 radical (unpaired) electrons. The fraction of sp³-hybridized carbons (Fsp3) is 0.211. The van der Waals surface area contributed by atoms with E-state index in [1.54, 1.807) is 13.8 Å². The standard InChI is InChI=1S/C19H17NO6/c1-11-15(18(21)23-3)9-14(25-11)10-24-19(22)16-12(2)26-20-17(16)13-7-5-4-6-8-13/h4-9H,10H2,1-3H3. The highest BCUT2D eigenvalue weighted by molar-refractivity contribution is 5.97. The normalized spacial score (nSPS) is 10.6. The maximum absolute atomic E-state index is 12.5.